The van der Waals surface area contributed by atoms with Crippen molar-refractivity contribution in [1.82, 2.24) is 5.16 Å². The smallest absolute Gasteiger partial charge is 0.232 e. The first-order chi connectivity index (χ1) is 14.6. The highest BCUT2D eigenvalue weighted by Crippen LogP contribution is 2.32. The summed E-state index contributed by atoms with van der Waals surface area (Å²) in [5.41, 5.74) is 5.40. The van der Waals surface area contributed by atoms with E-state index in [1.165, 1.54) is 11.1 Å². The zero-order chi connectivity index (χ0) is 20.9. The maximum atomic E-state index is 12.8. The molecule has 0 aliphatic carbocycles. The number of rotatable bonds is 7. The monoisotopic (exact) mass is 513 g/mol. The predicted molar refractivity (Wildman–Crippen MR) is 128 cm³/mol. The Morgan fingerprint density at radius 1 is 1.13 bits per heavy atom. The van der Waals surface area contributed by atoms with Crippen LogP contribution in [0.15, 0.2) is 77.5 Å². The van der Waals surface area contributed by atoms with Gasteiger partial charge in [-0.2, -0.15) is 0 Å². The highest BCUT2D eigenvalue weighted by molar-refractivity contribution is 14.1. The van der Waals surface area contributed by atoms with Crippen LogP contribution in [0.5, 0.6) is 0 Å². The van der Waals surface area contributed by atoms with Gasteiger partial charge in [0.25, 0.3) is 0 Å². The lowest BCUT2D eigenvalue weighted by Crippen LogP contribution is -2.26. The summed E-state index contributed by atoms with van der Waals surface area (Å²) in [6, 6.07) is 20.5. The first kappa shape index (κ1) is 20.7. The Morgan fingerprint density at radius 2 is 1.90 bits per heavy atom. The maximum absolute atomic E-state index is 12.8. The van der Waals surface area contributed by atoms with Gasteiger partial charge in [0.2, 0.25) is 11.8 Å². The number of benzene rings is 2. The molecule has 1 fully saturated rings. The molecule has 1 aliphatic heterocycles. The van der Waals surface area contributed by atoms with Gasteiger partial charge >= 0.3 is 0 Å². The van der Waals surface area contributed by atoms with Crippen molar-refractivity contribution in [1.29, 1.82) is 0 Å². The predicted octanol–water partition coefficient (Wildman–Crippen LogP) is 5.37. The Morgan fingerprint density at radius 3 is 2.63 bits per heavy atom. The van der Waals surface area contributed by atoms with Gasteiger partial charge in [0.15, 0.2) is 0 Å². The van der Waals surface area contributed by atoms with Gasteiger partial charge in [-0.05, 0) is 36.1 Å². The number of hydrogen-bond donors (Lipinski definition) is 1. The summed E-state index contributed by atoms with van der Waals surface area (Å²) in [5.74, 6) is 0.173. The minimum Gasteiger partial charge on any atom is -0.345 e. The highest BCUT2D eigenvalue weighted by Gasteiger charge is 2.32. The zero-order valence-electron chi connectivity index (χ0n) is 16.7. The summed E-state index contributed by atoms with van der Waals surface area (Å²) < 4.78 is 6.31. The molecule has 5 nitrogen and oxygen atoms in total. The van der Waals surface area contributed by atoms with E-state index in [-0.39, 0.29) is 11.8 Å². The third-order valence-corrected chi connectivity index (χ3v) is 6.24. The summed E-state index contributed by atoms with van der Waals surface area (Å²) in [6.07, 6.45) is 2.29. The molecule has 0 spiro atoms. The molecule has 1 amide bonds. The second-order valence-electron chi connectivity index (χ2n) is 7.54. The van der Waals surface area contributed by atoms with Crippen LogP contribution >= 0.6 is 22.6 Å². The average molecular weight is 513 g/mol. The summed E-state index contributed by atoms with van der Waals surface area (Å²) in [6.45, 7) is 4.77. The highest BCUT2D eigenvalue weighted by atomic mass is 127. The lowest BCUT2D eigenvalue weighted by molar-refractivity contribution is -0.119. The topological polar surface area (TPSA) is 58.4 Å². The molecule has 4 rings (SSSR count). The Labute approximate surface area is 190 Å². The van der Waals surface area contributed by atoms with E-state index in [9.17, 15) is 4.79 Å². The van der Waals surface area contributed by atoms with Gasteiger partial charge in [0, 0.05) is 34.8 Å². The van der Waals surface area contributed by atoms with E-state index in [1.54, 1.807) is 0 Å². The van der Waals surface area contributed by atoms with Crippen LogP contribution in [0.2, 0.25) is 0 Å². The number of amides is 1. The van der Waals surface area contributed by atoms with Gasteiger partial charge in [-0.1, -0.05) is 76.8 Å². The summed E-state index contributed by atoms with van der Waals surface area (Å²) in [4.78, 5) is 14.9. The Bertz CT molecular complexity index is 1010. The van der Waals surface area contributed by atoms with Crippen molar-refractivity contribution in [2.75, 3.05) is 16.8 Å². The zero-order valence-corrected chi connectivity index (χ0v) is 18.8. The molecular formula is C24H24IN3O2. The number of halogens is 1. The molecule has 0 radical (unpaired) electrons. The fraction of sp³-hybridized carbons (Fsp3) is 0.250. The molecule has 6 heteroatoms. The number of aromatic nitrogens is 1. The maximum Gasteiger partial charge on any atom is 0.232 e. The van der Waals surface area contributed by atoms with E-state index >= 15 is 0 Å². The molecule has 2 aromatic carbocycles. The van der Waals surface area contributed by atoms with Crippen LogP contribution in [-0.4, -0.2) is 17.6 Å². The van der Waals surface area contributed by atoms with Gasteiger partial charge in [-0.15, -0.1) is 0 Å². The fourth-order valence-electron chi connectivity index (χ4n) is 3.67. The van der Waals surface area contributed by atoms with Crippen molar-refractivity contribution < 1.29 is 9.32 Å². The molecule has 3 aromatic rings. The van der Waals surface area contributed by atoms with Crippen LogP contribution in [0.1, 0.15) is 23.2 Å². The molecule has 154 valence electrons. The minimum atomic E-state index is -0.167. The average Bonchev–Trinajstić information content (AvgIpc) is 3.39. The van der Waals surface area contributed by atoms with E-state index in [4.69, 9.17) is 4.52 Å². The number of nitrogens with zero attached hydrogens (tertiary/aromatic N) is 2. The van der Waals surface area contributed by atoms with Crippen molar-refractivity contribution in [2.24, 2.45) is 5.92 Å². The number of aryl methyl sites for hydroxylation is 2. The number of alkyl halides is 1. The second-order valence-corrected chi connectivity index (χ2v) is 8.30. The van der Waals surface area contributed by atoms with E-state index < -0.39 is 0 Å². The summed E-state index contributed by atoms with van der Waals surface area (Å²) in [7, 11) is 0. The van der Waals surface area contributed by atoms with Crippen molar-refractivity contribution in [3.63, 3.8) is 0 Å². The third kappa shape index (κ3) is 4.92. The van der Waals surface area contributed by atoms with Gasteiger partial charge < -0.3 is 9.42 Å². The molecular weight excluding hydrogens is 489 g/mol. The molecule has 30 heavy (non-hydrogen) atoms. The number of carbonyl (C=O) groups is 1. The van der Waals surface area contributed by atoms with Crippen LogP contribution in [0.3, 0.4) is 0 Å². The fourth-order valence-corrected chi connectivity index (χ4v) is 4.17. The lowest BCUT2D eigenvalue weighted by Gasteiger charge is -2.20. The van der Waals surface area contributed by atoms with E-state index in [1.807, 2.05) is 24.3 Å². The van der Waals surface area contributed by atoms with Crippen LogP contribution in [0, 0.1) is 5.92 Å². The van der Waals surface area contributed by atoms with Crippen molar-refractivity contribution in [3.8, 4) is 0 Å². The van der Waals surface area contributed by atoms with Crippen LogP contribution in [0.4, 0.5) is 11.6 Å². The van der Waals surface area contributed by atoms with Gasteiger partial charge in [-0.3, -0.25) is 10.1 Å². The summed E-state index contributed by atoms with van der Waals surface area (Å²) in [5, 5.41) is 6.96. The third-order valence-electron chi connectivity index (χ3n) is 5.36. The molecule has 1 aliphatic rings. The van der Waals surface area contributed by atoms with E-state index in [0.29, 0.717) is 18.8 Å². The Kier molecular flexibility index (Phi) is 6.52. The van der Waals surface area contributed by atoms with Crippen LogP contribution < -0.4 is 10.2 Å². The molecule has 1 saturated heterocycles. The Hall–Kier alpha value is -2.61. The quantitative estimate of drug-likeness (QED) is 0.341. The number of nitrogens with one attached hydrogen (secondary N) is 1. The first-order valence-corrected chi connectivity index (χ1v) is 11.6. The molecule has 2 heterocycles. The van der Waals surface area contributed by atoms with Gasteiger partial charge in [-0.25, -0.2) is 0 Å². The van der Waals surface area contributed by atoms with E-state index in [0.717, 1.165) is 34.3 Å². The number of allylic oxidation sites excluding steroid dienone is 1. The minimum absolute atomic E-state index is 0.0618. The number of anilines is 2. The number of hydrogen-bond acceptors (Lipinski definition) is 4. The molecule has 0 bridgehead atoms. The van der Waals surface area contributed by atoms with Crippen molar-refractivity contribution in [2.45, 2.75) is 23.7 Å². The molecule has 0 saturated carbocycles. The molecule has 1 N–H and O–H groups in total. The SMILES string of the molecule is C=C1CC(C(=O)Nc2cc(CCc3ccccc3)no2)CN1c1ccc(CI)cc1. The molecule has 1 atom stereocenters. The Balaban J connectivity index is 1.33. The number of carbonyl (C=O) groups excluding carboxylic acids is 1. The second kappa shape index (κ2) is 9.47. The summed E-state index contributed by atoms with van der Waals surface area (Å²) >= 11 is 2.35. The molecule has 1 aromatic heterocycles. The van der Waals surface area contributed by atoms with Crippen LogP contribution in [-0.2, 0) is 22.1 Å². The van der Waals surface area contributed by atoms with Gasteiger partial charge in [0.05, 0.1) is 11.6 Å². The first-order valence-electron chi connectivity index (χ1n) is 10.0. The lowest BCUT2D eigenvalue weighted by atomic mass is 10.1. The van der Waals surface area contributed by atoms with E-state index in [2.05, 4.69) is 80.9 Å². The standard InChI is InChI=1S/C24H24IN3O2/c1-17-13-20(16-28(17)22-11-8-19(15-25)9-12-22)24(29)26-23-14-21(27-30-23)10-7-18-5-3-2-4-6-18/h2-6,8-9,11-12,14,20H,1,7,10,13,15-16H2,(H,26,29). The van der Waals surface area contributed by atoms with Crippen LogP contribution in [0.25, 0.3) is 0 Å². The van der Waals surface area contributed by atoms with Crippen molar-refractivity contribution >= 4 is 40.1 Å². The van der Waals surface area contributed by atoms with Crippen molar-refractivity contribution in [3.05, 3.63) is 89.8 Å². The largest absolute Gasteiger partial charge is 0.345 e. The van der Waals surface area contributed by atoms with Gasteiger partial charge in [0.1, 0.15) is 0 Å². The molecule has 1 unspecified atom stereocenters. The normalized spacial score (nSPS) is 16.1.